The maximum absolute atomic E-state index is 11.0. The minimum atomic E-state index is 0.155. The van der Waals surface area contributed by atoms with E-state index in [0.29, 0.717) is 19.6 Å². The molecule has 2 rings (SSSR count). The van der Waals surface area contributed by atoms with Crippen molar-refractivity contribution in [2.75, 3.05) is 13.2 Å². The van der Waals surface area contributed by atoms with E-state index in [2.05, 4.69) is 12.6 Å². The van der Waals surface area contributed by atoms with Gasteiger partial charge in [0.2, 0.25) is 0 Å². The van der Waals surface area contributed by atoms with Crippen LogP contribution in [0.5, 0.6) is 11.5 Å². The van der Waals surface area contributed by atoms with E-state index in [1.165, 1.54) is 0 Å². The van der Waals surface area contributed by atoms with Crippen LogP contribution in [-0.2, 0) is 11.2 Å². The molecule has 0 heterocycles. The fourth-order valence-corrected chi connectivity index (χ4v) is 2.11. The quantitative estimate of drug-likeness (QED) is 0.627. The zero-order valence-corrected chi connectivity index (χ0v) is 12.8. The minimum absolute atomic E-state index is 0.155. The molecule has 0 fully saturated rings. The third kappa shape index (κ3) is 5.16. The highest BCUT2D eigenvalue weighted by Gasteiger charge is 2.00. The molecule has 0 saturated heterocycles. The average Bonchev–Trinajstić information content (AvgIpc) is 2.46. The van der Waals surface area contributed by atoms with Gasteiger partial charge in [-0.05, 0) is 36.8 Å². The largest absolute Gasteiger partial charge is 0.490 e. The Morgan fingerprint density at radius 3 is 2.33 bits per heavy atom. The van der Waals surface area contributed by atoms with E-state index in [9.17, 15) is 4.79 Å². The van der Waals surface area contributed by atoms with Gasteiger partial charge < -0.3 is 9.47 Å². The Morgan fingerprint density at radius 2 is 1.67 bits per heavy atom. The first kappa shape index (κ1) is 15.4. The number of hydrogen-bond acceptors (Lipinski definition) is 4. The molecular formula is C17H18O3S. The summed E-state index contributed by atoms with van der Waals surface area (Å²) in [4.78, 5) is 11.8. The summed E-state index contributed by atoms with van der Waals surface area (Å²) in [5.74, 6) is 1.67. The molecule has 0 aliphatic rings. The highest BCUT2D eigenvalue weighted by molar-refractivity contribution is 7.80. The zero-order chi connectivity index (χ0) is 15.1. The number of rotatable bonds is 7. The van der Waals surface area contributed by atoms with Crippen molar-refractivity contribution in [3.05, 3.63) is 54.1 Å². The molecule has 0 spiro atoms. The van der Waals surface area contributed by atoms with E-state index in [0.717, 1.165) is 22.0 Å². The highest BCUT2D eigenvalue weighted by atomic mass is 32.1. The van der Waals surface area contributed by atoms with E-state index in [1.807, 2.05) is 48.5 Å². The van der Waals surface area contributed by atoms with Gasteiger partial charge in [0, 0.05) is 11.3 Å². The lowest BCUT2D eigenvalue weighted by atomic mass is 10.1. The van der Waals surface area contributed by atoms with Crippen LogP contribution >= 0.6 is 12.6 Å². The monoisotopic (exact) mass is 302 g/mol. The van der Waals surface area contributed by atoms with E-state index in [1.54, 1.807) is 6.92 Å². The molecular weight excluding hydrogens is 284 g/mol. The van der Waals surface area contributed by atoms with Crippen molar-refractivity contribution in [3.63, 3.8) is 0 Å². The van der Waals surface area contributed by atoms with Gasteiger partial charge in [0.15, 0.2) is 0 Å². The van der Waals surface area contributed by atoms with E-state index < -0.39 is 0 Å². The van der Waals surface area contributed by atoms with Crippen molar-refractivity contribution >= 4 is 18.4 Å². The lowest BCUT2D eigenvalue weighted by Gasteiger charge is -2.10. The smallest absolute Gasteiger partial charge is 0.134 e. The van der Waals surface area contributed by atoms with Gasteiger partial charge in [0.05, 0.1) is 0 Å². The minimum Gasteiger partial charge on any atom is -0.490 e. The Kier molecular flexibility index (Phi) is 5.69. The van der Waals surface area contributed by atoms with Crippen molar-refractivity contribution in [2.45, 2.75) is 18.2 Å². The molecule has 0 unspecified atom stereocenters. The van der Waals surface area contributed by atoms with Gasteiger partial charge in [-0.2, -0.15) is 0 Å². The maximum Gasteiger partial charge on any atom is 0.134 e. The highest BCUT2D eigenvalue weighted by Crippen LogP contribution is 2.21. The Bertz CT molecular complexity index is 593. The first-order valence-corrected chi connectivity index (χ1v) is 7.22. The van der Waals surface area contributed by atoms with Crippen molar-refractivity contribution in [2.24, 2.45) is 0 Å². The maximum atomic E-state index is 11.0. The van der Waals surface area contributed by atoms with E-state index in [-0.39, 0.29) is 5.78 Å². The van der Waals surface area contributed by atoms with E-state index >= 15 is 0 Å². The summed E-state index contributed by atoms with van der Waals surface area (Å²) in [6.45, 7) is 2.49. The lowest BCUT2D eigenvalue weighted by Crippen LogP contribution is -2.09. The number of thiol groups is 1. The van der Waals surface area contributed by atoms with Crippen LogP contribution < -0.4 is 9.47 Å². The van der Waals surface area contributed by atoms with Gasteiger partial charge in [-0.25, -0.2) is 0 Å². The molecule has 0 N–H and O–H groups in total. The van der Waals surface area contributed by atoms with Crippen LogP contribution in [0.25, 0.3) is 0 Å². The number of ether oxygens (including phenoxy) is 2. The van der Waals surface area contributed by atoms with Gasteiger partial charge >= 0.3 is 0 Å². The van der Waals surface area contributed by atoms with Gasteiger partial charge in [-0.3, -0.25) is 4.79 Å². The van der Waals surface area contributed by atoms with Crippen molar-refractivity contribution < 1.29 is 14.3 Å². The summed E-state index contributed by atoms with van der Waals surface area (Å²) >= 11 is 4.32. The Morgan fingerprint density at radius 1 is 1.00 bits per heavy atom. The number of carbonyl (C=O) groups is 1. The second-order valence-electron chi connectivity index (χ2n) is 4.69. The second-order valence-corrected chi connectivity index (χ2v) is 5.17. The molecule has 0 saturated carbocycles. The Hall–Kier alpha value is -1.94. The molecule has 0 atom stereocenters. The molecule has 3 nitrogen and oxygen atoms in total. The molecule has 2 aromatic rings. The van der Waals surface area contributed by atoms with Crippen LogP contribution in [0.3, 0.4) is 0 Å². The summed E-state index contributed by atoms with van der Waals surface area (Å²) < 4.78 is 11.2. The molecule has 0 amide bonds. The van der Waals surface area contributed by atoms with E-state index in [4.69, 9.17) is 9.47 Å². The molecule has 0 aliphatic heterocycles. The van der Waals surface area contributed by atoms with Crippen LogP contribution in [0.1, 0.15) is 12.5 Å². The van der Waals surface area contributed by atoms with Gasteiger partial charge in [-0.1, -0.05) is 24.3 Å². The van der Waals surface area contributed by atoms with Crippen molar-refractivity contribution in [1.82, 2.24) is 0 Å². The Balaban J connectivity index is 1.76. The number of carbonyl (C=O) groups excluding carboxylic acids is 1. The summed E-state index contributed by atoms with van der Waals surface area (Å²) in [6.07, 6.45) is 0.460. The fraction of sp³-hybridized carbons (Fsp3) is 0.235. The Labute approximate surface area is 130 Å². The molecule has 0 aromatic heterocycles. The van der Waals surface area contributed by atoms with Gasteiger partial charge in [0.1, 0.15) is 30.5 Å². The average molecular weight is 302 g/mol. The summed E-state index contributed by atoms with van der Waals surface area (Å²) in [5.41, 5.74) is 0.995. The van der Waals surface area contributed by atoms with Crippen LogP contribution in [-0.4, -0.2) is 19.0 Å². The number of benzene rings is 2. The SMILES string of the molecule is CC(=O)Cc1ccc(OCCOc2ccccc2S)cc1. The predicted molar refractivity (Wildman–Crippen MR) is 85.5 cm³/mol. The van der Waals surface area contributed by atoms with Crippen LogP contribution in [0.2, 0.25) is 0 Å². The van der Waals surface area contributed by atoms with Crippen LogP contribution in [0.4, 0.5) is 0 Å². The fourth-order valence-electron chi connectivity index (χ4n) is 1.88. The first-order chi connectivity index (χ1) is 10.1. The second kappa shape index (κ2) is 7.74. The van der Waals surface area contributed by atoms with Gasteiger partial charge in [0.25, 0.3) is 0 Å². The number of Topliss-reactive ketones (excluding diaryl/α,β-unsaturated/α-hetero) is 1. The number of hydrogen-bond donors (Lipinski definition) is 1. The van der Waals surface area contributed by atoms with Crippen LogP contribution in [0, 0.1) is 0 Å². The normalized spacial score (nSPS) is 10.2. The van der Waals surface area contributed by atoms with Crippen molar-refractivity contribution in [3.8, 4) is 11.5 Å². The summed E-state index contributed by atoms with van der Waals surface area (Å²) in [6, 6.07) is 15.1. The topological polar surface area (TPSA) is 35.5 Å². The molecule has 0 bridgehead atoms. The standard InChI is InChI=1S/C17H18O3S/c1-13(18)12-14-6-8-15(9-7-14)19-10-11-20-16-4-2-3-5-17(16)21/h2-9,21H,10-12H2,1H3. The zero-order valence-electron chi connectivity index (χ0n) is 11.9. The predicted octanol–water partition coefficient (Wildman–Crippen LogP) is 3.56. The molecule has 110 valence electrons. The molecule has 4 heteroatoms. The van der Waals surface area contributed by atoms with Gasteiger partial charge in [-0.15, -0.1) is 12.6 Å². The van der Waals surface area contributed by atoms with Crippen LogP contribution in [0.15, 0.2) is 53.4 Å². The number of para-hydroxylation sites is 1. The third-order valence-electron chi connectivity index (χ3n) is 2.85. The summed E-state index contributed by atoms with van der Waals surface area (Å²) in [5, 5.41) is 0. The lowest BCUT2D eigenvalue weighted by molar-refractivity contribution is -0.116. The third-order valence-corrected chi connectivity index (χ3v) is 3.22. The number of ketones is 1. The summed E-state index contributed by atoms with van der Waals surface area (Å²) in [7, 11) is 0. The molecule has 0 radical (unpaired) electrons. The van der Waals surface area contributed by atoms with Crippen molar-refractivity contribution in [1.29, 1.82) is 0 Å². The first-order valence-electron chi connectivity index (χ1n) is 6.77. The molecule has 0 aliphatic carbocycles. The molecule has 2 aromatic carbocycles. The molecule has 21 heavy (non-hydrogen) atoms.